The predicted octanol–water partition coefficient (Wildman–Crippen LogP) is 3.21. The van der Waals surface area contributed by atoms with Gasteiger partial charge >= 0.3 is 0 Å². The number of hydrogen-bond donors (Lipinski definition) is 1. The van der Waals surface area contributed by atoms with Crippen LogP contribution in [0.4, 0.5) is 0 Å². The summed E-state index contributed by atoms with van der Waals surface area (Å²) in [7, 11) is 2.14. The second kappa shape index (κ2) is 6.36. The van der Waals surface area contributed by atoms with Crippen LogP contribution in [-0.4, -0.2) is 46.4 Å². The monoisotopic (exact) mass is 324 g/mol. The third-order valence-corrected chi connectivity index (χ3v) is 4.27. The van der Waals surface area contributed by atoms with E-state index in [2.05, 4.69) is 26.8 Å². The van der Waals surface area contributed by atoms with E-state index < -0.39 is 0 Å². The smallest absolute Gasteiger partial charge is 0.124 e. The molecule has 2 aromatic rings. The van der Waals surface area contributed by atoms with Gasteiger partial charge in [0, 0.05) is 48.6 Å². The lowest BCUT2D eigenvalue weighted by Gasteiger charge is -2.39. The van der Waals surface area contributed by atoms with Gasteiger partial charge in [-0.15, -0.1) is 0 Å². The van der Waals surface area contributed by atoms with Crippen LogP contribution in [0.3, 0.4) is 0 Å². The zero-order valence-corrected chi connectivity index (χ0v) is 13.4. The summed E-state index contributed by atoms with van der Waals surface area (Å²) < 4.78 is 0. The lowest BCUT2D eigenvalue weighted by Crippen LogP contribution is -2.46. The van der Waals surface area contributed by atoms with Crippen LogP contribution in [0.15, 0.2) is 30.6 Å². The summed E-state index contributed by atoms with van der Waals surface area (Å²) in [6.45, 7) is 3.82. The first-order valence-electron chi connectivity index (χ1n) is 6.98. The quantitative estimate of drug-likeness (QED) is 0.941. The fourth-order valence-electron chi connectivity index (χ4n) is 2.80. The number of likely N-dealkylation sites (N-methyl/N-ethyl adjacent to an activating group) is 1. The van der Waals surface area contributed by atoms with Gasteiger partial charge in [-0.1, -0.05) is 23.2 Å². The van der Waals surface area contributed by atoms with Gasteiger partial charge in [-0.3, -0.25) is 4.90 Å². The molecule has 112 valence electrons. The molecule has 0 spiro atoms. The van der Waals surface area contributed by atoms with Crippen molar-refractivity contribution in [3.8, 4) is 0 Å². The van der Waals surface area contributed by atoms with E-state index in [4.69, 9.17) is 23.2 Å². The number of aromatic amines is 1. The zero-order chi connectivity index (χ0) is 14.8. The summed E-state index contributed by atoms with van der Waals surface area (Å²) in [6.07, 6.45) is 3.68. The first kappa shape index (κ1) is 14.9. The Morgan fingerprint density at radius 2 is 2.00 bits per heavy atom. The third-order valence-electron chi connectivity index (χ3n) is 3.84. The SMILES string of the molecule is CN1CCN(Cc2cc(Cl)cc(Cl)c2)C(c2ncc[nH]2)C1. The van der Waals surface area contributed by atoms with Gasteiger partial charge in [-0.25, -0.2) is 4.98 Å². The van der Waals surface area contributed by atoms with Crippen LogP contribution < -0.4 is 0 Å². The molecule has 1 aromatic carbocycles. The van der Waals surface area contributed by atoms with Crippen LogP contribution in [0, 0.1) is 0 Å². The summed E-state index contributed by atoms with van der Waals surface area (Å²) in [5.74, 6) is 1.01. The Morgan fingerprint density at radius 1 is 1.24 bits per heavy atom. The minimum Gasteiger partial charge on any atom is -0.347 e. The molecule has 1 aliphatic rings. The number of aromatic nitrogens is 2. The highest BCUT2D eigenvalue weighted by Gasteiger charge is 2.28. The van der Waals surface area contributed by atoms with Crippen LogP contribution in [0.5, 0.6) is 0 Å². The average Bonchev–Trinajstić information content (AvgIpc) is 2.93. The maximum atomic E-state index is 6.10. The van der Waals surface area contributed by atoms with Crippen LogP contribution >= 0.6 is 23.2 Å². The number of H-pyrrole nitrogens is 1. The van der Waals surface area contributed by atoms with Crippen molar-refractivity contribution in [2.24, 2.45) is 0 Å². The molecule has 0 radical (unpaired) electrons. The van der Waals surface area contributed by atoms with Crippen molar-refractivity contribution in [2.45, 2.75) is 12.6 Å². The molecule has 1 N–H and O–H groups in total. The van der Waals surface area contributed by atoms with E-state index in [1.165, 1.54) is 0 Å². The minimum atomic E-state index is 0.261. The molecule has 1 fully saturated rings. The molecule has 1 unspecified atom stereocenters. The van der Waals surface area contributed by atoms with E-state index in [9.17, 15) is 0 Å². The van der Waals surface area contributed by atoms with Crippen molar-refractivity contribution in [2.75, 3.05) is 26.7 Å². The van der Waals surface area contributed by atoms with Crippen molar-refractivity contribution in [3.05, 3.63) is 52.0 Å². The van der Waals surface area contributed by atoms with Crippen molar-refractivity contribution >= 4 is 23.2 Å². The molecular weight excluding hydrogens is 307 g/mol. The molecule has 4 nitrogen and oxygen atoms in total. The topological polar surface area (TPSA) is 35.2 Å². The molecule has 21 heavy (non-hydrogen) atoms. The molecule has 0 saturated carbocycles. The molecule has 0 aliphatic carbocycles. The molecule has 3 rings (SSSR count). The molecule has 1 atom stereocenters. The van der Waals surface area contributed by atoms with Gasteiger partial charge in [0.1, 0.15) is 5.82 Å². The van der Waals surface area contributed by atoms with E-state index in [-0.39, 0.29) is 6.04 Å². The Bertz CT molecular complexity index is 579. The third kappa shape index (κ3) is 3.58. The van der Waals surface area contributed by atoms with Gasteiger partial charge in [0.25, 0.3) is 0 Å². The maximum Gasteiger partial charge on any atom is 0.124 e. The molecule has 1 aromatic heterocycles. The normalized spacial score (nSPS) is 20.8. The van der Waals surface area contributed by atoms with Gasteiger partial charge < -0.3 is 9.88 Å². The molecule has 0 amide bonds. The fourth-order valence-corrected chi connectivity index (χ4v) is 3.37. The maximum absolute atomic E-state index is 6.10. The highest BCUT2D eigenvalue weighted by molar-refractivity contribution is 6.34. The summed E-state index contributed by atoms with van der Waals surface area (Å²) in [5, 5.41) is 1.36. The first-order valence-corrected chi connectivity index (χ1v) is 7.74. The van der Waals surface area contributed by atoms with Gasteiger partial charge in [-0.05, 0) is 30.8 Å². The number of nitrogens with one attached hydrogen (secondary N) is 1. The average molecular weight is 325 g/mol. The van der Waals surface area contributed by atoms with E-state index in [1.54, 1.807) is 12.3 Å². The van der Waals surface area contributed by atoms with E-state index in [0.29, 0.717) is 10.0 Å². The number of piperazine rings is 1. The Hall–Kier alpha value is -1.07. The molecule has 6 heteroatoms. The second-order valence-electron chi connectivity index (χ2n) is 5.50. The number of imidazole rings is 1. The number of benzene rings is 1. The van der Waals surface area contributed by atoms with Gasteiger partial charge in [0.05, 0.1) is 6.04 Å². The Kier molecular flexibility index (Phi) is 4.50. The molecular formula is C15H18Cl2N4. The van der Waals surface area contributed by atoms with Crippen molar-refractivity contribution < 1.29 is 0 Å². The lowest BCUT2D eigenvalue weighted by atomic mass is 10.1. The second-order valence-corrected chi connectivity index (χ2v) is 6.37. The number of hydrogen-bond acceptors (Lipinski definition) is 3. The standard InChI is InChI=1S/C15H18Cl2N4/c1-20-4-5-21(14(10-20)15-18-2-3-19-15)9-11-6-12(16)8-13(17)7-11/h2-3,6-8,14H,4-5,9-10H2,1H3,(H,18,19). The van der Waals surface area contributed by atoms with Crippen LogP contribution in [-0.2, 0) is 6.54 Å². The van der Waals surface area contributed by atoms with Crippen molar-refractivity contribution in [1.82, 2.24) is 19.8 Å². The molecule has 1 saturated heterocycles. The van der Waals surface area contributed by atoms with Gasteiger partial charge in [0.2, 0.25) is 0 Å². The summed E-state index contributed by atoms with van der Waals surface area (Å²) in [6, 6.07) is 5.98. The lowest BCUT2D eigenvalue weighted by molar-refractivity contribution is 0.0788. The Morgan fingerprint density at radius 3 is 2.67 bits per heavy atom. The number of rotatable bonds is 3. The highest BCUT2D eigenvalue weighted by atomic mass is 35.5. The molecule has 2 heterocycles. The van der Waals surface area contributed by atoms with E-state index in [0.717, 1.165) is 37.6 Å². The molecule has 0 bridgehead atoms. The summed E-state index contributed by atoms with van der Waals surface area (Å²) >= 11 is 12.2. The number of nitrogens with zero attached hydrogens (tertiary/aromatic N) is 3. The van der Waals surface area contributed by atoms with Gasteiger partial charge in [0.15, 0.2) is 0 Å². The predicted molar refractivity (Wildman–Crippen MR) is 85.7 cm³/mol. The highest BCUT2D eigenvalue weighted by Crippen LogP contribution is 2.26. The summed E-state index contributed by atoms with van der Waals surface area (Å²) in [4.78, 5) is 12.4. The summed E-state index contributed by atoms with van der Waals surface area (Å²) in [5.41, 5.74) is 1.13. The van der Waals surface area contributed by atoms with Crippen molar-refractivity contribution in [3.63, 3.8) is 0 Å². The fraction of sp³-hybridized carbons (Fsp3) is 0.400. The van der Waals surface area contributed by atoms with Crippen LogP contribution in [0.2, 0.25) is 10.0 Å². The first-order chi connectivity index (χ1) is 10.1. The van der Waals surface area contributed by atoms with Gasteiger partial charge in [-0.2, -0.15) is 0 Å². The van der Waals surface area contributed by atoms with E-state index >= 15 is 0 Å². The zero-order valence-electron chi connectivity index (χ0n) is 11.9. The van der Waals surface area contributed by atoms with Crippen LogP contribution in [0.1, 0.15) is 17.4 Å². The Labute approximate surface area is 134 Å². The number of halogens is 2. The Balaban J connectivity index is 1.81. The van der Waals surface area contributed by atoms with Crippen molar-refractivity contribution in [1.29, 1.82) is 0 Å². The largest absolute Gasteiger partial charge is 0.347 e. The minimum absolute atomic E-state index is 0.261. The van der Waals surface area contributed by atoms with E-state index in [1.807, 2.05) is 18.3 Å². The van der Waals surface area contributed by atoms with Crippen LogP contribution in [0.25, 0.3) is 0 Å². The molecule has 1 aliphatic heterocycles.